The molecule has 0 aromatic carbocycles. The molecular weight excluding hydrogens is 240 g/mol. The molecule has 0 aliphatic heterocycles. The van der Waals surface area contributed by atoms with Gasteiger partial charge in [-0.2, -0.15) is 0 Å². The number of carbonyl (C=O) groups is 1. The summed E-state index contributed by atoms with van der Waals surface area (Å²) in [7, 11) is 0. The number of hydrogen-bond donors (Lipinski definition) is 1. The molecule has 104 valence electrons. The number of pyridine rings is 1. The molecule has 0 atom stereocenters. The van der Waals surface area contributed by atoms with Gasteiger partial charge in [0.2, 0.25) is 0 Å². The second-order valence-corrected chi connectivity index (χ2v) is 5.17. The van der Waals surface area contributed by atoms with Crippen molar-refractivity contribution in [1.82, 2.24) is 4.98 Å². The average Bonchev–Trinajstić information content (AvgIpc) is 2.46. The minimum absolute atomic E-state index is 0.0158. The van der Waals surface area contributed by atoms with E-state index in [4.69, 9.17) is 0 Å². The van der Waals surface area contributed by atoms with Crippen LogP contribution in [-0.2, 0) is 0 Å². The molecule has 1 aliphatic carbocycles. The SMILES string of the molecule is CC(=O)c1ccc(N(CCO)C2CCCCC2)cn1. The molecule has 1 N–H and O–H groups in total. The van der Waals surface area contributed by atoms with Gasteiger partial charge >= 0.3 is 0 Å². The van der Waals surface area contributed by atoms with Crippen LogP contribution in [0.2, 0.25) is 0 Å². The van der Waals surface area contributed by atoms with E-state index in [9.17, 15) is 9.90 Å². The van der Waals surface area contributed by atoms with Gasteiger partial charge in [-0.1, -0.05) is 19.3 Å². The molecule has 1 aromatic rings. The lowest BCUT2D eigenvalue weighted by Crippen LogP contribution is -2.38. The van der Waals surface area contributed by atoms with Crippen molar-refractivity contribution in [1.29, 1.82) is 0 Å². The minimum atomic E-state index is -0.0158. The highest BCUT2D eigenvalue weighted by Gasteiger charge is 2.21. The minimum Gasteiger partial charge on any atom is -0.395 e. The molecule has 0 amide bonds. The number of ketones is 1. The molecule has 1 fully saturated rings. The Balaban J connectivity index is 2.15. The molecule has 4 nitrogen and oxygen atoms in total. The van der Waals surface area contributed by atoms with Gasteiger partial charge in [-0.15, -0.1) is 0 Å². The van der Waals surface area contributed by atoms with Crippen LogP contribution in [0.25, 0.3) is 0 Å². The summed E-state index contributed by atoms with van der Waals surface area (Å²) in [5.41, 5.74) is 1.50. The first-order chi connectivity index (χ1) is 9.22. The molecular formula is C15H22N2O2. The van der Waals surface area contributed by atoms with Gasteiger partial charge in [0.25, 0.3) is 0 Å². The summed E-state index contributed by atoms with van der Waals surface area (Å²) >= 11 is 0. The first-order valence-electron chi connectivity index (χ1n) is 7.07. The van der Waals surface area contributed by atoms with E-state index in [1.54, 1.807) is 12.3 Å². The van der Waals surface area contributed by atoms with E-state index in [1.807, 2.05) is 6.07 Å². The molecule has 1 aromatic heterocycles. The van der Waals surface area contributed by atoms with E-state index in [1.165, 1.54) is 39.0 Å². The Morgan fingerprint density at radius 3 is 2.63 bits per heavy atom. The van der Waals surface area contributed by atoms with Gasteiger partial charge in [-0.25, -0.2) is 0 Å². The fourth-order valence-electron chi connectivity index (χ4n) is 2.79. The lowest BCUT2D eigenvalue weighted by molar-refractivity contribution is 0.101. The van der Waals surface area contributed by atoms with E-state index < -0.39 is 0 Å². The lowest BCUT2D eigenvalue weighted by atomic mass is 9.94. The molecule has 1 heterocycles. The second kappa shape index (κ2) is 6.66. The first kappa shape index (κ1) is 14.0. The highest BCUT2D eigenvalue weighted by molar-refractivity contribution is 5.92. The van der Waals surface area contributed by atoms with Crippen molar-refractivity contribution in [2.24, 2.45) is 0 Å². The van der Waals surface area contributed by atoms with Crippen LogP contribution in [0.5, 0.6) is 0 Å². The lowest BCUT2D eigenvalue weighted by Gasteiger charge is -2.35. The van der Waals surface area contributed by atoms with Crippen LogP contribution in [0.4, 0.5) is 5.69 Å². The Morgan fingerprint density at radius 2 is 2.11 bits per heavy atom. The summed E-state index contributed by atoms with van der Waals surface area (Å²) in [6.07, 6.45) is 7.92. The number of anilines is 1. The fraction of sp³-hybridized carbons (Fsp3) is 0.600. The normalized spacial score (nSPS) is 16.3. The Kier molecular flexibility index (Phi) is 4.91. The van der Waals surface area contributed by atoms with Gasteiger partial charge in [-0.3, -0.25) is 9.78 Å². The summed E-state index contributed by atoms with van der Waals surface area (Å²) in [6, 6.07) is 4.20. The third kappa shape index (κ3) is 3.53. The highest BCUT2D eigenvalue weighted by Crippen LogP contribution is 2.26. The number of rotatable bonds is 5. The summed E-state index contributed by atoms with van der Waals surface area (Å²) in [5.74, 6) is -0.0158. The Labute approximate surface area is 114 Å². The topological polar surface area (TPSA) is 53.4 Å². The summed E-state index contributed by atoms with van der Waals surface area (Å²) in [5, 5.41) is 9.26. The van der Waals surface area contributed by atoms with E-state index in [-0.39, 0.29) is 12.4 Å². The third-order valence-corrected chi connectivity index (χ3v) is 3.80. The predicted molar refractivity (Wildman–Crippen MR) is 75.5 cm³/mol. The molecule has 2 rings (SSSR count). The molecule has 4 heteroatoms. The van der Waals surface area contributed by atoms with E-state index in [0.717, 1.165) is 5.69 Å². The van der Waals surface area contributed by atoms with Crippen LogP contribution < -0.4 is 4.90 Å². The van der Waals surface area contributed by atoms with Crippen LogP contribution in [0, 0.1) is 0 Å². The second-order valence-electron chi connectivity index (χ2n) is 5.17. The van der Waals surface area contributed by atoms with Crippen LogP contribution in [0.1, 0.15) is 49.5 Å². The Hall–Kier alpha value is -1.42. The van der Waals surface area contributed by atoms with Gasteiger partial charge in [0.1, 0.15) is 5.69 Å². The molecule has 0 bridgehead atoms. The van der Waals surface area contributed by atoms with Gasteiger partial charge < -0.3 is 10.0 Å². The molecule has 0 spiro atoms. The standard InChI is InChI=1S/C15H22N2O2/c1-12(19)15-8-7-14(11-16-15)17(9-10-18)13-5-3-2-4-6-13/h7-8,11,13,18H,2-6,9-10H2,1H3. The van der Waals surface area contributed by atoms with Crippen molar-refractivity contribution in [2.75, 3.05) is 18.1 Å². The quantitative estimate of drug-likeness (QED) is 0.828. The molecule has 1 aliphatic rings. The number of Topliss-reactive ketones (excluding diaryl/α,β-unsaturated/α-hetero) is 1. The van der Waals surface area contributed by atoms with Crippen molar-refractivity contribution in [3.63, 3.8) is 0 Å². The smallest absolute Gasteiger partial charge is 0.178 e. The molecule has 1 saturated carbocycles. The van der Waals surface area contributed by atoms with Crippen molar-refractivity contribution < 1.29 is 9.90 Å². The van der Waals surface area contributed by atoms with Crippen molar-refractivity contribution >= 4 is 11.5 Å². The number of carbonyl (C=O) groups excluding carboxylic acids is 1. The highest BCUT2D eigenvalue weighted by atomic mass is 16.3. The van der Waals surface area contributed by atoms with Crippen molar-refractivity contribution in [2.45, 2.75) is 45.1 Å². The number of nitrogens with zero attached hydrogens (tertiary/aromatic N) is 2. The van der Waals surface area contributed by atoms with Gasteiger partial charge in [-0.05, 0) is 25.0 Å². The van der Waals surface area contributed by atoms with Crippen LogP contribution in [-0.4, -0.2) is 35.1 Å². The van der Waals surface area contributed by atoms with Crippen LogP contribution >= 0.6 is 0 Å². The number of aliphatic hydroxyl groups is 1. The van der Waals surface area contributed by atoms with Gasteiger partial charge in [0, 0.05) is 19.5 Å². The molecule has 0 unspecified atom stereocenters. The summed E-state index contributed by atoms with van der Waals surface area (Å²) < 4.78 is 0. The molecule has 0 saturated heterocycles. The van der Waals surface area contributed by atoms with E-state index in [0.29, 0.717) is 18.3 Å². The maximum Gasteiger partial charge on any atom is 0.178 e. The molecule has 0 radical (unpaired) electrons. The zero-order valence-corrected chi connectivity index (χ0v) is 11.5. The Bertz CT molecular complexity index is 411. The Morgan fingerprint density at radius 1 is 1.37 bits per heavy atom. The molecule has 19 heavy (non-hydrogen) atoms. The number of aromatic nitrogens is 1. The zero-order valence-electron chi connectivity index (χ0n) is 11.5. The summed E-state index contributed by atoms with van der Waals surface area (Å²) in [6.45, 7) is 2.30. The number of hydrogen-bond acceptors (Lipinski definition) is 4. The van der Waals surface area contributed by atoms with Crippen molar-refractivity contribution in [3.8, 4) is 0 Å². The monoisotopic (exact) mass is 262 g/mol. The maximum atomic E-state index is 11.2. The van der Waals surface area contributed by atoms with E-state index >= 15 is 0 Å². The van der Waals surface area contributed by atoms with E-state index in [2.05, 4.69) is 9.88 Å². The largest absolute Gasteiger partial charge is 0.395 e. The third-order valence-electron chi connectivity index (χ3n) is 3.80. The maximum absolute atomic E-state index is 11.2. The summed E-state index contributed by atoms with van der Waals surface area (Å²) in [4.78, 5) is 17.7. The number of aliphatic hydroxyl groups excluding tert-OH is 1. The van der Waals surface area contributed by atoms with Crippen LogP contribution in [0.15, 0.2) is 18.3 Å². The first-order valence-corrected chi connectivity index (χ1v) is 7.07. The average molecular weight is 262 g/mol. The fourth-order valence-corrected chi connectivity index (χ4v) is 2.79. The van der Waals surface area contributed by atoms with Gasteiger partial charge in [0.05, 0.1) is 18.5 Å². The predicted octanol–water partition coefficient (Wildman–Crippen LogP) is 2.42. The zero-order chi connectivity index (χ0) is 13.7. The van der Waals surface area contributed by atoms with Crippen LogP contribution in [0.3, 0.4) is 0 Å². The van der Waals surface area contributed by atoms with Crippen molar-refractivity contribution in [3.05, 3.63) is 24.0 Å². The van der Waals surface area contributed by atoms with Gasteiger partial charge in [0.15, 0.2) is 5.78 Å².